The molecule has 0 atom stereocenters. The number of nitrogens with one attached hydrogen (secondary N) is 1. The molecule has 25 heavy (non-hydrogen) atoms. The molecule has 132 valence electrons. The van der Waals surface area contributed by atoms with Crippen LogP contribution in [0.1, 0.15) is 22.3 Å². The minimum Gasteiger partial charge on any atom is -0.497 e. The second-order valence-corrected chi connectivity index (χ2v) is 6.01. The fourth-order valence-corrected chi connectivity index (χ4v) is 2.66. The summed E-state index contributed by atoms with van der Waals surface area (Å²) in [5.41, 5.74) is 4.67. The van der Waals surface area contributed by atoms with E-state index in [0.717, 1.165) is 33.7 Å². The molecule has 2 aromatic carbocycles. The smallest absolute Gasteiger partial charge is 0.310 e. The van der Waals surface area contributed by atoms with E-state index in [1.54, 1.807) is 31.4 Å². The Labute approximate surface area is 148 Å². The molecule has 0 unspecified atom stereocenters. The Balaban J connectivity index is 1.86. The number of benzene rings is 2. The van der Waals surface area contributed by atoms with Crippen LogP contribution in [0.15, 0.2) is 36.4 Å². The predicted octanol–water partition coefficient (Wildman–Crippen LogP) is 3.34. The van der Waals surface area contributed by atoms with Gasteiger partial charge in [0.05, 0.1) is 13.5 Å². The van der Waals surface area contributed by atoms with Crippen molar-refractivity contribution in [2.75, 3.05) is 19.0 Å². The van der Waals surface area contributed by atoms with E-state index in [0.29, 0.717) is 0 Å². The molecule has 5 heteroatoms. The van der Waals surface area contributed by atoms with Crippen LogP contribution in [0.5, 0.6) is 5.75 Å². The molecule has 1 amide bonds. The van der Waals surface area contributed by atoms with Crippen molar-refractivity contribution in [2.45, 2.75) is 27.2 Å². The van der Waals surface area contributed by atoms with Gasteiger partial charge in [-0.25, -0.2) is 0 Å². The fraction of sp³-hybridized carbons (Fsp3) is 0.300. The number of carbonyl (C=O) groups excluding carboxylic acids is 2. The summed E-state index contributed by atoms with van der Waals surface area (Å²) in [5.74, 6) is -0.0730. The van der Waals surface area contributed by atoms with Crippen LogP contribution in [0.3, 0.4) is 0 Å². The normalized spacial score (nSPS) is 10.2. The van der Waals surface area contributed by atoms with E-state index < -0.39 is 5.97 Å². The molecule has 0 heterocycles. The number of esters is 1. The van der Waals surface area contributed by atoms with E-state index in [1.165, 1.54) is 0 Å². The maximum atomic E-state index is 12.0. The maximum Gasteiger partial charge on any atom is 0.310 e. The number of methoxy groups -OCH3 is 1. The molecule has 0 radical (unpaired) electrons. The van der Waals surface area contributed by atoms with Gasteiger partial charge in [-0.05, 0) is 49.6 Å². The van der Waals surface area contributed by atoms with Gasteiger partial charge >= 0.3 is 5.97 Å². The first-order valence-electron chi connectivity index (χ1n) is 8.05. The predicted molar refractivity (Wildman–Crippen MR) is 96.9 cm³/mol. The lowest BCUT2D eigenvalue weighted by molar-refractivity contribution is -0.146. The van der Waals surface area contributed by atoms with Crippen LogP contribution >= 0.6 is 0 Å². The zero-order chi connectivity index (χ0) is 18.4. The van der Waals surface area contributed by atoms with Gasteiger partial charge in [0.1, 0.15) is 5.75 Å². The van der Waals surface area contributed by atoms with E-state index in [2.05, 4.69) is 5.32 Å². The SMILES string of the molecule is COc1ccc(CC(=O)OCC(=O)Nc2c(C)cc(C)cc2C)cc1. The molecule has 0 aliphatic rings. The van der Waals surface area contributed by atoms with Crippen LogP contribution in [0.2, 0.25) is 0 Å². The van der Waals surface area contributed by atoms with Gasteiger partial charge in [0.25, 0.3) is 5.91 Å². The molecule has 0 spiro atoms. The van der Waals surface area contributed by atoms with Gasteiger partial charge in [-0.15, -0.1) is 0 Å². The van der Waals surface area contributed by atoms with Crippen molar-refractivity contribution in [3.8, 4) is 5.75 Å². The molecule has 0 fully saturated rings. The standard InChI is InChI=1S/C20H23NO4/c1-13-9-14(2)20(15(3)10-13)21-18(22)12-25-19(23)11-16-5-7-17(24-4)8-6-16/h5-10H,11-12H2,1-4H3,(H,21,22). The minimum absolute atomic E-state index is 0.111. The summed E-state index contributed by atoms with van der Waals surface area (Å²) in [6.45, 7) is 5.57. The van der Waals surface area contributed by atoms with Crippen molar-refractivity contribution in [3.63, 3.8) is 0 Å². The second kappa shape index (κ2) is 8.33. The zero-order valence-corrected chi connectivity index (χ0v) is 15.0. The van der Waals surface area contributed by atoms with Gasteiger partial charge in [0.2, 0.25) is 0 Å². The molecule has 2 rings (SSSR count). The number of amides is 1. The first-order chi connectivity index (χ1) is 11.9. The Morgan fingerprint density at radius 3 is 2.16 bits per heavy atom. The van der Waals surface area contributed by atoms with Crippen molar-refractivity contribution in [3.05, 3.63) is 58.7 Å². The molecule has 0 saturated carbocycles. The van der Waals surface area contributed by atoms with Crippen molar-refractivity contribution in [2.24, 2.45) is 0 Å². The Hall–Kier alpha value is -2.82. The number of ether oxygens (including phenoxy) is 2. The van der Waals surface area contributed by atoms with E-state index in [1.807, 2.05) is 32.9 Å². The number of anilines is 1. The van der Waals surface area contributed by atoms with Gasteiger partial charge in [0.15, 0.2) is 6.61 Å². The van der Waals surface area contributed by atoms with E-state index in [9.17, 15) is 9.59 Å². The maximum absolute atomic E-state index is 12.0. The average molecular weight is 341 g/mol. The van der Waals surface area contributed by atoms with E-state index >= 15 is 0 Å². The van der Waals surface area contributed by atoms with Gasteiger partial charge in [0, 0.05) is 5.69 Å². The van der Waals surface area contributed by atoms with Gasteiger partial charge in [-0.2, -0.15) is 0 Å². The number of aryl methyl sites for hydroxylation is 3. The lowest BCUT2D eigenvalue weighted by Gasteiger charge is -2.13. The summed E-state index contributed by atoms with van der Waals surface area (Å²) in [4.78, 5) is 23.9. The third-order valence-corrected chi connectivity index (χ3v) is 3.81. The lowest BCUT2D eigenvalue weighted by Crippen LogP contribution is -2.22. The Morgan fingerprint density at radius 1 is 1.00 bits per heavy atom. The summed E-state index contributed by atoms with van der Waals surface area (Å²) in [5, 5.41) is 2.81. The van der Waals surface area contributed by atoms with Crippen molar-refractivity contribution >= 4 is 17.6 Å². The molecular formula is C20H23NO4. The number of hydrogen-bond acceptors (Lipinski definition) is 4. The minimum atomic E-state index is -0.447. The van der Waals surface area contributed by atoms with Crippen molar-refractivity contribution in [1.29, 1.82) is 0 Å². The molecule has 2 aromatic rings. The topological polar surface area (TPSA) is 64.6 Å². The summed E-state index contributed by atoms with van der Waals surface area (Å²) >= 11 is 0. The van der Waals surface area contributed by atoms with Crippen LogP contribution < -0.4 is 10.1 Å². The van der Waals surface area contributed by atoms with Gasteiger partial charge in [-0.3, -0.25) is 9.59 Å². The third kappa shape index (κ3) is 5.35. The van der Waals surface area contributed by atoms with Crippen LogP contribution in [0.25, 0.3) is 0 Å². The summed E-state index contributed by atoms with van der Waals surface area (Å²) in [7, 11) is 1.58. The third-order valence-electron chi connectivity index (χ3n) is 3.81. The highest BCUT2D eigenvalue weighted by atomic mass is 16.5. The van der Waals surface area contributed by atoms with E-state index in [4.69, 9.17) is 9.47 Å². The largest absolute Gasteiger partial charge is 0.497 e. The molecule has 0 aliphatic carbocycles. The van der Waals surface area contributed by atoms with Crippen LogP contribution in [-0.4, -0.2) is 25.6 Å². The first-order valence-corrected chi connectivity index (χ1v) is 8.05. The number of hydrogen-bond donors (Lipinski definition) is 1. The molecule has 0 aromatic heterocycles. The highest BCUT2D eigenvalue weighted by Gasteiger charge is 2.11. The first kappa shape index (κ1) is 18.5. The Kier molecular flexibility index (Phi) is 6.17. The Morgan fingerprint density at radius 2 is 1.60 bits per heavy atom. The number of rotatable bonds is 6. The highest BCUT2D eigenvalue weighted by molar-refractivity contribution is 5.94. The van der Waals surface area contributed by atoms with E-state index in [-0.39, 0.29) is 18.9 Å². The summed E-state index contributed by atoms with van der Waals surface area (Å²) < 4.78 is 10.1. The molecule has 5 nitrogen and oxygen atoms in total. The average Bonchev–Trinajstić information content (AvgIpc) is 2.57. The summed E-state index contributed by atoms with van der Waals surface area (Å²) in [6.07, 6.45) is 0.111. The van der Waals surface area contributed by atoms with Crippen LogP contribution in [0, 0.1) is 20.8 Å². The van der Waals surface area contributed by atoms with Crippen LogP contribution in [0.4, 0.5) is 5.69 Å². The van der Waals surface area contributed by atoms with Crippen molar-refractivity contribution in [1.82, 2.24) is 0 Å². The number of carbonyl (C=O) groups is 2. The van der Waals surface area contributed by atoms with Gasteiger partial charge < -0.3 is 14.8 Å². The zero-order valence-electron chi connectivity index (χ0n) is 15.0. The monoisotopic (exact) mass is 341 g/mol. The second-order valence-electron chi connectivity index (χ2n) is 6.01. The van der Waals surface area contributed by atoms with Crippen LogP contribution in [-0.2, 0) is 20.7 Å². The highest BCUT2D eigenvalue weighted by Crippen LogP contribution is 2.21. The quantitative estimate of drug-likeness (QED) is 0.819. The van der Waals surface area contributed by atoms with Gasteiger partial charge in [-0.1, -0.05) is 29.8 Å². The molecule has 1 N–H and O–H groups in total. The lowest BCUT2D eigenvalue weighted by atomic mass is 10.1. The Bertz CT molecular complexity index is 743. The molecular weight excluding hydrogens is 318 g/mol. The fourth-order valence-electron chi connectivity index (χ4n) is 2.66. The summed E-state index contributed by atoms with van der Waals surface area (Å²) in [6, 6.07) is 11.1. The molecule has 0 bridgehead atoms. The molecule has 0 saturated heterocycles. The molecule has 0 aliphatic heterocycles. The van der Waals surface area contributed by atoms with Crippen molar-refractivity contribution < 1.29 is 19.1 Å².